The fraction of sp³-hybridized carbons (Fsp3) is 0.267. The van der Waals surface area contributed by atoms with Crippen LogP contribution in [-0.2, 0) is 12.8 Å². The molecular formula is C15H16N6O. The van der Waals surface area contributed by atoms with Crippen molar-refractivity contribution in [1.82, 2.24) is 24.9 Å². The average Bonchev–Trinajstić information content (AvgIpc) is 3.15. The van der Waals surface area contributed by atoms with Crippen molar-refractivity contribution in [3.8, 4) is 0 Å². The van der Waals surface area contributed by atoms with Crippen molar-refractivity contribution in [3.05, 3.63) is 48.0 Å². The van der Waals surface area contributed by atoms with E-state index in [1.165, 1.54) is 11.3 Å². The number of hydrogen-bond acceptors (Lipinski definition) is 3. The number of aryl methyl sites for hydroxylation is 1. The van der Waals surface area contributed by atoms with E-state index in [4.69, 9.17) is 0 Å². The van der Waals surface area contributed by atoms with Gasteiger partial charge in [0, 0.05) is 24.1 Å². The predicted molar refractivity (Wildman–Crippen MR) is 81.7 cm³/mol. The highest BCUT2D eigenvalue weighted by atomic mass is 16.2. The molecule has 1 aliphatic carbocycles. The van der Waals surface area contributed by atoms with Gasteiger partial charge in [0.05, 0.1) is 6.20 Å². The highest BCUT2D eigenvalue weighted by Gasteiger charge is 2.21. The summed E-state index contributed by atoms with van der Waals surface area (Å²) in [6.07, 6.45) is 8.01. The number of aromatic amines is 1. The Hall–Kier alpha value is -2.83. The summed E-state index contributed by atoms with van der Waals surface area (Å²) >= 11 is 0. The molecule has 0 bridgehead atoms. The average molecular weight is 296 g/mol. The quantitative estimate of drug-likeness (QED) is 0.673. The third kappa shape index (κ3) is 2.30. The van der Waals surface area contributed by atoms with Crippen LogP contribution in [0.25, 0.3) is 5.65 Å². The molecule has 7 nitrogen and oxygen atoms in total. The molecule has 3 N–H and O–H groups in total. The summed E-state index contributed by atoms with van der Waals surface area (Å²) in [4.78, 5) is 16.4. The van der Waals surface area contributed by atoms with Crippen molar-refractivity contribution in [3.63, 3.8) is 0 Å². The minimum atomic E-state index is -0.196. The second-order valence-electron chi connectivity index (χ2n) is 5.48. The fourth-order valence-electron chi connectivity index (χ4n) is 2.93. The zero-order valence-electron chi connectivity index (χ0n) is 11.9. The number of hydrogen-bond donors (Lipinski definition) is 3. The SMILES string of the molecule is O=C(Nc1cccc2nccn12)NC1CCc2[nH]ncc2C1. The lowest BCUT2D eigenvalue weighted by Crippen LogP contribution is -2.41. The van der Waals surface area contributed by atoms with Crippen molar-refractivity contribution in [2.75, 3.05) is 5.32 Å². The van der Waals surface area contributed by atoms with Crippen LogP contribution in [0.3, 0.4) is 0 Å². The smallest absolute Gasteiger partial charge is 0.320 e. The molecule has 2 amide bonds. The van der Waals surface area contributed by atoms with Gasteiger partial charge in [-0.25, -0.2) is 9.78 Å². The van der Waals surface area contributed by atoms with Crippen molar-refractivity contribution < 1.29 is 4.79 Å². The molecule has 0 saturated carbocycles. The lowest BCUT2D eigenvalue weighted by molar-refractivity contribution is 0.247. The van der Waals surface area contributed by atoms with Crippen molar-refractivity contribution in [2.45, 2.75) is 25.3 Å². The molecule has 7 heteroatoms. The van der Waals surface area contributed by atoms with E-state index in [0.29, 0.717) is 5.82 Å². The lowest BCUT2D eigenvalue weighted by atomic mass is 9.94. The summed E-state index contributed by atoms with van der Waals surface area (Å²) in [5, 5.41) is 13.0. The van der Waals surface area contributed by atoms with Crippen LogP contribution in [0, 0.1) is 0 Å². The molecule has 22 heavy (non-hydrogen) atoms. The second kappa shape index (κ2) is 5.18. The maximum atomic E-state index is 12.2. The summed E-state index contributed by atoms with van der Waals surface area (Å²) in [6.45, 7) is 0. The van der Waals surface area contributed by atoms with Gasteiger partial charge in [-0.3, -0.25) is 14.8 Å². The van der Waals surface area contributed by atoms with Crippen LogP contribution in [0.1, 0.15) is 17.7 Å². The Morgan fingerprint density at radius 3 is 3.32 bits per heavy atom. The van der Waals surface area contributed by atoms with Crippen LogP contribution in [0.15, 0.2) is 36.8 Å². The predicted octanol–water partition coefficient (Wildman–Crippen LogP) is 1.74. The Morgan fingerprint density at radius 1 is 1.41 bits per heavy atom. The standard InChI is InChI=1S/C15H16N6O/c22-15(18-11-4-5-12-10(8-11)9-17-20-12)19-14-3-1-2-13-16-6-7-21(13)14/h1-3,6-7,9,11H,4-5,8H2,(H,17,20)(H2,18,19,22). The van der Waals surface area contributed by atoms with Gasteiger partial charge < -0.3 is 5.32 Å². The number of imidazole rings is 1. The number of nitrogens with one attached hydrogen (secondary N) is 3. The van der Waals surface area contributed by atoms with E-state index in [9.17, 15) is 4.79 Å². The summed E-state index contributed by atoms with van der Waals surface area (Å²) in [5.41, 5.74) is 3.17. The van der Waals surface area contributed by atoms with Crippen LogP contribution in [0.4, 0.5) is 10.6 Å². The van der Waals surface area contributed by atoms with Gasteiger partial charge in [-0.15, -0.1) is 0 Å². The van der Waals surface area contributed by atoms with Gasteiger partial charge in [0.1, 0.15) is 11.5 Å². The molecule has 1 unspecified atom stereocenters. The highest BCUT2D eigenvalue weighted by molar-refractivity contribution is 5.89. The number of fused-ring (bicyclic) bond motifs is 2. The zero-order chi connectivity index (χ0) is 14.9. The number of urea groups is 1. The molecule has 1 atom stereocenters. The Morgan fingerprint density at radius 2 is 2.36 bits per heavy atom. The Balaban J connectivity index is 1.44. The first kappa shape index (κ1) is 12.9. The molecule has 0 radical (unpaired) electrons. The number of carbonyl (C=O) groups is 1. The van der Waals surface area contributed by atoms with Gasteiger partial charge in [-0.05, 0) is 37.0 Å². The molecule has 112 valence electrons. The first-order chi connectivity index (χ1) is 10.8. The minimum Gasteiger partial charge on any atom is -0.335 e. The first-order valence-electron chi connectivity index (χ1n) is 7.30. The summed E-state index contributed by atoms with van der Waals surface area (Å²) in [5.74, 6) is 0.701. The monoisotopic (exact) mass is 296 g/mol. The van der Waals surface area contributed by atoms with Crippen LogP contribution in [0.2, 0.25) is 0 Å². The van der Waals surface area contributed by atoms with Crippen molar-refractivity contribution in [1.29, 1.82) is 0 Å². The van der Waals surface area contributed by atoms with E-state index in [0.717, 1.165) is 24.9 Å². The molecule has 3 aromatic heterocycles. The summed E-state index contributed by atoms with van der Waals surface area (Å²) in [7, 11) is 0. The summed E-state index contributed by atoms with van der Waals surface area (Å²) < 4.78 is 1.84. The van der Waals surface area contributed by atoms with E-state index in [-0.39, 0.29) is 12.1 Å². The van der Waals surface area contributed by atoms with Gasteiger partial charge >= 0.3 is 6.03 Å². The number of aromatic nitrogens is 4. The molecule has 0 spiro atoms. The third-order valence-electron chi connectivity index (χ3n) is 4.02. The van der Waals surface area contributed by atoms with Crippen molar-refractivity contribution >= 4 is 17.5 Å². The number of nitrogens with zero attached hydrogens (tertiary/aromatic N) is 3. The lowest BCUT2D eigenvalue weighted by Gasteiger charge is -2.23. The van der Waals surface area contributed by atoms with Gasteiger partial charge in [-0.1, -0.05) is 6.07 Å². The van der Waals surface area contributed by atoms with E-state index in [1.54, 1.807) is 6.20 Å². The number of anilines is 1. The molecular weight excluding hydrogens is 280 g/mol. The molecule has 0 aromatic carbocycles. The molecule has 0 aliphatic heterocycles. The zero-order valence-corrected chi connectivity index (χ0v) is 11.9. The molecule has 0 fully saturated rings. The number of carbonyl (C=O) groups excluding carboxylic acids is 1. The van der Waals surface area contributed by atoms with E-state index >= 15 is 0 Å². The van der Waals surface area contributed by atoms with E-state index in [2.05, 4.69) is 25.8 Å². The second-order valence-corrected chi connectivity index (χ2v) is 5.48. The normalized spacial score (nSPS) is 17.2. The number of pyridine rings is 1. The first-order valence-corrected chi connectivity index (χ1v) is 7.30. The van der Waals surface area contributed by atoms with Gasteiger partial charge in [0.25, 0.3) is 0 Å². The Labute approximate surface area is 126 Å². The van der Waals surface area contributed by atoms with E-state index in [1.807, 2.05) is 35.0 Å². The number of H-pyrrole nitrogens is 1. The topological polar surface area (TPSA) is 87.1 Å². The third-order valence-corrected chi connectivity index (χ3v) is 4.02. The molecule has 4 rings (SSSR count). The van der Waals surface area contributed by atoms with Crippen LogP contribution >= 0.6 is 0 Å². The van der Waals surface area contributed by atoms with Crippen LogP contribution in [-0.4, -0.2) is 31.7 Å². The maximum absolute atomic E-state index is 12.2. The molecule has 0 saturated heterocycles. The Kier molecular flexibility index (Phi) is 3.03. The number of rotatable bonds is 2. The van der Waals surface area contributed by atoms with Gasteiger partial charge in [-0.2, -0.15) is 5.10 Å². The molecule has 1 aliphatic rings. The Bertz CT molecular complexity index is 820. The summed E-state index contributed by atoms with van der Waals surface area (Å²) in [6, 6.07) is 5.55. The number of amides is 2. The van der Waals surface area contributed by atoms with Crippen LogP contribution < -0.4 is 10.6 Å². The fourth-order valence-corrected chi connectivity index (χ4v) is 2.93. The maximum Gasteiger partial charge on any atom is 0.320 e. The van der Waals surface area contributed by atoms with Crippen LogP contribution in [0.5, 0.6) is 0 Å². The van der Waals surface area contributed by atoms with Gasteiger partial charge in [0.2, 0.25) is 0 Å². The molecule has 3 aromatic rings. The largest absolute Gasteiger partial charge is 0.335 e. The van der Waals surface area contributed by atoms with Crippen molar-refractivity contribution in [2.24, 2.45) is 0 Å². The van der Waals surface area contributed by atoms with E-state index < -0.39 is 0 Å². The molecule has 3 heterocycles. The minimum absolute atomic E-state index is 0.132. The highest BCUT2D eigenvalue weighted by Crippen LogP contribution is 2.19. The van der Waals surface area contributed by atoms with Gasteiger partial charge in [0.15, 0.2) is 0 Å².